The molecule has 1 aromatic heterocycles. The predicted molar refractivity (Wildman–Crippen MR) is 66.0 cm³/mol. The lowest BCUT2D eigenvalue weighted by Crippen LogP contribution is -2.01. The standard InChI is InChI=1S/C13H10ClNO2/c1-17-13(16)11-5-10(7-15-8-11)9-3-2-4-12(14)6-9/h2-8H,1H3. The largest absolute Gasteiger partial charge is 0.465 e. The summed E-state index contributed by atoms with van der Waals surface area (Å²) in [6, 6.07) is 9.10. The maximum Gasteiger partial charge on any atom is 0.339 e. The molecule has 0 atom stereocenters. The van der Waals surface area contributed by atoms with Crippen LogP contribution in [0.1, 0.15) is 10.4 Å². The maximum atomic E-state index is 11.4. The molecule has 2 aromatic rings. The lowest BCUT2D eigenvalue weighted by molar-refractivity contribution is 0.0600. The third-order valence-electron chi connectivity index (χ3n) is 2.32. The van der Waals surface area contributed by atoms with Crippen LogP contribution in [-0.2, 0) is 4.74 Å². The van der Waals surface area contributed by atoms with E-state index in [-0.39, 0.29) is 0 Å². The molecule has 0 radical (unpaired) electrons. The van der Waals surface area contributed by atoms with Crippen molar-refractivity contribution in [3.63, 3.8) is 0 Å². The second-order valence-electron chi connectivity index (χ2n) is 3.46. The monoisotopic (exact) mass is 247 g/mol. The molecule has 0 saturated heterocycles. The molecule has 0 fully saturated rings. The number of carbonyl (C=O) groups is 1. The van der Waals surface area contributed by atoms with Gasteiger partial charge in [0.25, 0.3) is 0 Å². The lowest BCUT2D eigenvalue weighted by Gasteiger charge is -2.04. The van der Waals surface area contributed by atoms with Gasteiger partial charge in [-0.15, -0.1) is 0 Å². The van der Waals surface area contributed by atoms with Gasteiger partial charge in [0.15, 0.2) is 0 Å². The highest BCUT2D eigenvalue weighted by Crippen LogP contribution is 2.22. The Labute approximate surface area is 104 Å². The SMILES string of the molecule is COC(=O)c1cncc(-c2cccc(Cl)c2)c1. The minimum atomic E-state index is -0.402. The topological polar surface area (TPSA) is 39.2 Å². The first-order chi connectivity index (χ1) is 8.20. The summed E-state index contributed by atoms with van der Waals surface area (Å²) in [5.41, 5.74) is 2.16. The molecule has 4 heteroatoms. The van der Waals surface area contributed by atoms with E-state index in [1.807, 2.05) is 18.2 Å². The van der Waals surface area contributed by atoms with E-state index in [1.54, 1.807) is 18.3 Å². The number of nitrogens with zero attached hydrogens (tertiary/aromatic N) is 1. The van der Waals surface area contributed by atoms with Crippen LogP contribution in [-0.4, -0.2) is 18.1 Å². The van der Waals surface area contributed by atoms with E-state index >= 15 is 0 Å². The van der Waals surface area contributed by atoms with E-state index in [1.165, 1.54) is 13.3 Å². The zero-order chi connectivity index (χ0) is 12.3. The first-order valence-electron chi connectivity index (χ1n) is 5.00. The number of aromatic nitrogens is 1. The number of halogens is 1. The zero-order valence-electron chi connectivity index (χ0n) is 9.18. The lowest BCUT2D eigenvalue weighted by atomic mass is 10.1. The summed E-state index contributed by atoms with van der Waals surface area (Å²) >= 11 is 5.91. The number of hydrogen-bond donors (Lipinski definition) is 0. The van der Waals surface area contributed by atoms with Crippen LogP contribution in [0.2, 0.25) is 5.02 Å². The van der Waals surface area contributed by atoms with Gasteiger partial charge in [0.1, 0.15) is 0 Å². The fourth-order valence-electron chi connectivity index (χ4n) is 1.50. The van der Waals surface area contributed by atoms with Crippen molar-refractivity contribution < 1.29 is 9.53 Å². The molecule has 86 valence electrons. The van der Waals surface area contributed by atoms with Crippen molar-refractivity contribution in [3.8, 4) is 11.1 Å². The Bertz CT molecular complexity index is 555. The summed E-state index contributed by atoms with van der Waals surface area (Å²) in [6.07, 6.45) is 3.15. The van der Waals surface area contributed by atoms with Crippen LogP contribution in [0.25, 0.3) is 11.1 Å². The summed E-state index contributed by atoms with van der Waals surface area (Å²) in [5.74, 6) is -0.402. The molecule has 0 aliphatic heterocycles. The molecule has 0 saturated carbocycles. The molecule has 2 rings (SSSR count). The highest BCUT2D eigenvalue weighted by molar-refractivity contribution is 6.30. The number of esters is 1. The van der Waals surface area contributed by atoms with Crippen LogP contribution >= 0.6 is 11.6 Å². The Morgan fingerprint density at radius 1 is 1.24 bits per heavy atom. The van der Waals surface area contributed by atoms with Gasteiger partial charge in [-0.3, -0.25) is 4.98 Å². The number of benzene rings is 1. The molecular weight excluding hydrogens is 238 g/mol. The van der Waals surface area contributed by atoms with Crippen LogP contribution in [0, 0.1) is 0 Å². The maximum absolute atomic E-state index is 11.4. The molecule has 17 heavy (non-hydrogen) atoms. The number of methoxy groups -OCH3 is 1. The Balaban J connectivity index is 2.43. The molecule has 0 bridgehead atoms. The minimum absolute atomic E-state index is 0.402. The van der Waals surface area contributed by atoms with Gasteiger partial charge in [0.2, 0.25) is 0 Å². The number of ether oxygens (including phenoxy) is 1. The number of carbonyl (C=O) groups excluding carboxylic acids is 1. The molecule has 0 spiro atoms. The second kappa shape index (κ2) is 4.97. The third-order valence-corrected chi connectivity index (χ3v) is 2.55. The van der Waals surface area contributed by atoms with Crippen molar-refractivity contribution in [1.82, 2.24) is 4.98 Å². The number of pyridine rings is 1. The average Bonchev–Trinajstić information content (AvgIpc) is 2.38. The summed E-state index contributed by atoms with van der Waals surface area (Å²) in [6.45, 7) is 0. The molecular formula is C13H10ClNO2. The Hall–Kier alpha value is -1.87. The van der Waals surface area contributed by atoms with E-state index in [0.717, 1.165) is 11.1 Å². The summed E-state index contributed by atoms with van der Waals surface area (Å²) in [4.78, 5) is 15.4. The summed E-state index contributed by atoms with van der Waals surface area (Å²) in [5, 5.41) is 0.644. The molecule has 0 aliphatic carbocycles. The van der Waals surface area contributed by atoms with E-state index in [4.69, 9.17) is 11.6 Å². The molecule has 0 N–H and O–H groups in total. The fraction of sp³-hybridized carbons (Fsp3) is 0.0769. The molecule has 0 unspecified atom stereocenters. The van der Waals surface area contributed by atoms with Crippen LogP contribution in [0.5, 0.6) is 0 Å². The predicted octanol–water partition coefficient (Wildman–Crippen LogP) is 3.19. The first-order valence-corrected chi connectivity index (χ1v) is 5.38. The van der Waals surface area contributed by atoms with Crippen LogP contribution in [0.15, 0.2) is 42.7 Å². The summed E-state index contributed by atoms with van der Waals surface area (Å²) < 4.78 is 4.65. The van der Waals surface area contributed by atoms with E-state index in [9.17, 15) is 4.79 Å². The van der Waals surface area contributed by atoms with Crippen molar-refractivity contribution in [2.45, 2.75) is 0 Å². The van der Waals surface area contributed by atoms with E-state index in [0.29, 0.717) is 10.6 Å². The van der Waals surface area contributed by atoms with Gasteiger partial charge < -0.3 is 4.74 Å². The van der Waals surface area contributed by atoms with Gasteiger partial charge in [-0.2, -0.15) is 0 Å². The summed E-state index contributed by atoms with van der Waals surface area (Å²) in [7, 11) is 1.34. The highest BCUT2D eigenvalue weighted by Gasteiger charge is 2.07. The number of rotatable bonds is 2. The van der Waals surface area contributed by atoms with Crippen LogP contribution < -0.4 is 0 Å². The quantitative estimate of drug-likeness (QED) is 0.765. The zero-order valence-corrected chi connectivity index (χ0v) is 9.94. The number of hydrogen-bond acceptors (Lipinski definition) is 3. The van der Waals surface area contributed by atoms with Gasteiger partial charge in [-0.1, -0.05) is 23.7 Å². The van der Waals surface area contributed by atoms with Crippen molar-refractivity contribution in [3.05, 3.63) is 53.3 Å². The van der Waals surface area contributed by atoms with E-state index < -0.39 is 5.97 Å². The normalized spacial score (nSPS) is 10.0. The highest BCUT2D eigenvalue weighted by atomic mass is 35.5. The minimum Gasteiger partial charge on any atom is -0.465 e. The van der Waals surface area contributed by atoms with Gasteiger partial charge in [-0.05, 0) is 23.8 Å². The second-order valence-corrected chi connectivity index (χ2v) is 3.90. The molecule has 3 nitrogen and oxygen atoms in total. The molecule has 0 aliphatic rings. The van der Waals surface area contributed by atoms with E-state index in [2.05, 4.69) is 9.72 Å². The smallest absolute Gasteiger partial charge is 0.339 e. The van der Waals surface area contributed by atoms with Gasteiger partial charge >= 0.3 is 5.97 Å². The van der Waals surface area contributed by atoms with Gasteiger partial charge in [-0.25, -0.2) is 4.79 Å². The third kappa shape index (κ3) is 2.63. The Morgan fingerprint density at radius 2 is 2.06 bits per heavy atom. The fourth-order valence-corrected chi connectivity index (χ4v) is 1.69. The molecule has 1 aromatic carbocycles. The first kappa shape index (κ1) is 11.6. The van der Waals surface area contributed by atoms with Crippen LogP contribution in [0.3, 0.4) is 0 Å². The molecule has 0 amide bonds. The van der Waals surface area contributed by atoms with Crippen LogP contribution in [0.4, 0.5) is 0 Å². The van der Waals surface area contributed by atoms with Crippen molar-refractivity contribution in [2.75, 3.05) is 7.11 Å². The van der Waals surface area contributed by atoms with Gasteiger partial charge in [0, 0.05) is 23.0 Å². The molecule has 1 heterocycles. The van der Waals surface area contributed by atoms with Crippen molar-refractivity contribution in [1.29, 1.82) is 0 Å². The van der Waals surface area contributed by atoms with Gasteiger partial charge in [0.05, 0.1) is 12.7 Å². The average molecular weight is 248 g/mol. The Kier molecular flexibility index (Phi) is 3.40. The van der Waals surface area contributed by atoms with Crippen molar-refractivity contribution in [2.24, 2.45) is 0 Å². The van der Waals surface area contributed by atoms with Crippen molar-refractivity contribution >= 4 is 17.6 Å². The Morgan fingerprint density at radius 3 is 2.76 bits per heavy atom.